The molecule has 2 aromatic heterocycles. The zero-order chi connectivity index (χ0) is 14.8. The van der Waals surface area contributed by atoms with Crippen LogP contribution in [0.4, 0.5) is 0 Å². The summed E-state index contributed by atoms with van der Waals surface area (Å²) < 4.78 is 0. The van der Waals surface area contributed by atoms with Crippen molar-refractivity contribution in [2.45, 2.75) is 13.5 Å². The molecule has 3 aromatic rings. The maximum Gasteiger partial charge on any atom is 0.255 e. The van der Waals surface area contributed by atoms with Crippen molar-refractivity contribution >= 4 is 28.1 Å². The number of pyridine rings is 1. The van der Waals surface area contributed by atoms with Crippen LogP contribution in [-0.2, 0) is 6.54 Å². The highest BCUT2D eigenvalue weighted by molar-refractivity contribution is 7.09. The van der Waals surface area contributed by atoms with E-state index in [4.69, 9.17) is 0 Å². The molecule has 3 rings (SSSR count). The van der Waals surface area contributed by atoms with Crippen LogP contribution in [0.15, 0.2) is 35.8 Å². The quantitative estimate of drug-likeness (QED) is 0.779. The van der Waals surface area contributed by atoms with E-state index in [1.54, 1.807) is 24.4 Å². The van der Waals surface area contributed by atoms with Crippen LogP contribution in [0.2, 0.25) is 0 Å². The van der Waals surface area contributed by atoms with Gasteiger partial charge in [0.15, 0.2) is 5.75 Å². The molecule has 0 bridgehead atoms. The van der Waals surface area contributed by atoms with E-state index in [9.17, 15) is 9.90 Å². The molecule has 0 aliphatic heterocycles. The number of phenolic OH excluding ortho intramolecular Hbond substituents is 1. The molecule has 0 radical (unpaired) electrons. The van der Waals surface area contributed by atoms with Gasteiger partial charge < -0.3 is 10.4 Å². The SMILES string of the molecule is Cc1csc(CNC(=O)c2ccc3cccnc3c2O)n1. The van der Waals surface area contributed by atoms with Gasteiger partial charge in [-0.05, 0) is 19.1 Å². The van der Waals surface area contributed by atoms with Crippen molar-refractivity contribution < 1.29 is 9.90 Å². The Morgan fingerprint density at radius 2 is 2.24 bits per heavy atom. The Bertz CT molecular complexity index is 814. The Labute approximate surface area is 125 Å². The molecular formula is C15H13N3O2S. The van der Waals surface area contributed by atoms with Gasteiger partial charge in [-0.3, -0.25) is 9.78 Å². The molecule has 6 heteroatoms. The maximum atomic E-state index is 12.2. The standard InChI is InChI=1S/C15H13N3O2S/c1-9-8-21-12(18-9)7-17-15(20)11-5-4-10-3-2-6-16-13(10)14(11)19/h2-6,8,19H,7H2,1H3,(H,17,20). The van der Waals surface area contributed by atoms with Gasteiger partial charge in [0, 0.05) is 22.7 Å². The minimum atomic E-state index is -0.340. The molecule has 0 aliphatic rings. The van der Waals surface area contributed by atoms with E-state index in [1.807, 2.05) is 18.4 Å². The highest BCUT2D eigenvalue weighted by Gasteiger charge is 2.14. The Balaban J connectivity index is 1.82. The number of rotatable bonds is 3. The van der Waals surface area contributed by atoms with Crippen molar-refractivity contribution in [3.63, 3.8) is 0 Å². The lowest BCUT2D eigenvalue weighted by Crippen LogP contribution is -2.22. The van der Waals surface area contributed by atoms with Crippen molar-refractivity contribution in [1.29, 1.82) is 0 Å². The lowest BCUT2D eigenvalue weighted by molar-refractivity contribution is 0.0948. The first-order valence-corrected chi connectivity index (χ1v) is 7.29. The van der Waals surface area contributed by atoms with Crippen LogP contribution in [0.1, 0.15) is 21.1 Å². The van der Waals surface area contributed by atoms with Gasteiger partial charge in [-0.1, -0.05) is 12.1 Å². The number of amides is 1. The van der Waals surface area contributed by atoms with Crippen molar-refractivity contribution in [1.82, 2.24) is 15.3 Å². The molecule has 106 valence electrons. The number of fused-ring (bicyclic) bond motifs is 1. The third kappa shape index (κ3) is 2.71. The number of phenols is 1. The minimum absolute atomic E-state index is 0.0964. The minimum Gasteiger partial charge on any atom is -0.505 e. The summed E-state index contributed by atoms with van der Waals surface area (Å²) in [5.41, 5.74) is 1.58. The van der Waals surface area contributed by atoms with Crippen LogP contribution < -0.4 is 5.32 Å². The fourth-order valence-corrected chi connectivity index (χ4v) is 2.76. The molecule has 0 atom stereocenters. The average molecular weight is 299 g/mol. The number of aromatic hydroxyl groups is 1. The molecule has 5 nitrogen and oxygen atoms in total. The van der Waals surface area contributed by atoms with Gasteiger partial charge >= 0.3 is 0 Å². The third-order valence-electron chi connectivity index (χ3n) is 3.06. The average Bonchev–Trinajstić information content (AvgIpc) is 2.91. The summed E-state index contributed by atoms with van der Waals surface area (Å²) in [5, 5.41) is 16.5. The van der Waals surface area contributed by atoms with Crippen LogP contribution in [0.25, 0.3) is 10.9 Å². The highest BCUT2D eigenvalue weighted by Crippen LogP contribution is 2.26. The third-order valence-corrected chi connectivity index (χ3v) is 4.03. The molecule has 0 aliphatic carbocycles. The molecule has 0 saturated carbocycles. The number of carbonyl (C=O) groups excluding carboxylic acids is 1. The Hall–Kier alpha value is -2.47. The molecule has 1 amide bonds. The lowest BCUT2D eigenvalue weighted by Gasteiger charge is -2.07. The second kappa shape index (κ2) is 5.49. The number of thiazole rings is 1. The van der Waals surface area contributed by atoms with Gasteiger partial charge in [0.05, 0.1) is 12.1 Å². The first kappa shape index (κ1) is 13.5. The van der Waals surface area contributed by atoms with Gasteiger partial charge in [-0.25, -0.2) is 4.98 Å². The van der Waals surface area contributed by atoms with Crippen LogP contribution in [-0.4, -0.2) is 21.0 Å². The summed E-state index contributed by atoms with van der Waals surface area (Å²) >= 11 is 1.49. The number of carbonyl (C=O) groups is 1. The summed E-state index contributed by atoms with van der Waals surface area (Å²) in [6, 6.07) is 6.99. The molecule has 1 aromatic carbocycles. The Morgan fingerprint density at radius 3 is 3.00 bits per heavy atom. The largest absolute Gasteiger partial charge is 0.505 e. The molecule has 21 heavy (non-hydrogen) atoms. The van der Waals surface area contributed by atoms with Gasteiger partial charge in [0.1, 0.15) is 10.5 Å². The van der Waals surface area contributed by atoms with Crippen molar-refractivity contribution in [3.05, 3.63) is 52.1 Å². The topological polar surface area (TPSA) is 75.1 Å². The van der Waals surface area contributed by atoms with Crippen molar-refractivity contribution in [2.75, 3.05) is 0 Å². The fraction of sp³-hybridized carbons (Fsp3) is 0.133. The number of hydrogen-bond donors (Lipinski definition) is 2. The van der Waals surface area contributed by atoms with E-state index in [-0.39, 0.29) is 17.2 Å². The van der Waals surface area contributed by atoms with E-state index in [2.05, 4.69) is 15.3 Å². The second-order valence-electron chi connectivity index (χ2n) is 4.60. The van der Waals surface area contributed by atoms with Crippen LogP contribution in [0, 0.1) is 6.92 Å². The second-order valence-corrected chi connectivity index (χ2v) is 5.54. The van der Waals surface area contributed by atoms with Gasteiger partial charge in [0.2, 0.25) is 0 Å². The van der Waals surface area contributed by atoms with E-state index in [0.29, 0.717) is 12.1 Å². The fourth-order valence-electron chi connectivity index (χ4n) is 2.05. The van der Waals surface area contributed by atoms with Gasteiger partial charge in [-0.15, -0.1) is 11.3 Å². The first-order valence-electron chi connectivity index (χ1n) is 6.41. The lowest BCUT2D eigenvalue weighted by atomic mass is 10.1. The Kier molecular flexibility index (Phi) is 3.53. The summed E-state index contributed by atoms with van der Waals surface area (Å²) in [4.78, 5) is 20.6. The smallest absolute Gasteiger partial charge is 0.255 e. The zero-order valence-electron chi connectivity index (χ0n) is 11.3. The number of nitrogens with zero attached hydrogens (tertiary/aromatic N) is 2. The molecule has 2 N–H and O–H groups in total. The molecule has 0 saturated heterocycles. The summed E-state index contributed by atoms with van der Waals surface area (Å²) in [7, 11) is 0. The predicted molar refractivity (Wildman–Crippen MR) is 81.4 cm³/mol. The number of aryl methyl sites for hydroxylation is 1. The van der Waals surface area contributed by atoms with E-state index in [0.717, 1.165) is 16.1 Å². The summed E-state index contributed by atoms with van der Waals surface area (Å²) in [5.74, 6) is -0.436. The van der Waals surface area contributed by atoms with E-state index >= 15 is 0 Å². The van der Waals surface area contributed by atoms with E-state index < -0.39 is 0 Å². The van der Waals surface area contributed by atoms with E-state index in [1.165, 1.54) is 11.3 Å². The summed E-state index contributed by atoms with van der Waals surface area (Å²) in [6.45, 7) is 2.25. The summed E-state index contributed by atoms with van der Waals surface area (Å²) in [6.07, 6.45) is 1.59. The van der Waals surface area contributed by atoms with Crippen molar-refractivity contribution in [2.24, 2.45) is 0 Å². The number of nitrogens with one attached hydrogen (secondary N) is 1. The predicted octanol–water partition coefficient (Wildman–Crippen LogP) is 2.64. The van der Waals surface area contributed by atoms with Crippen LogP contribution >= 0.6 is 11.3 Å². The van der Waals surface area contributed by atoms with Crippen LogP contribution in [0.3, 0.4) is 0 Å². The Morgan fingerprint density at radius 1 is 1.38 bits per heavy atom. The van der Waals surface area contributed by atoms with Crippen molar-refractivity contribution in [3.8, 4) is 5.75 Å². The number of benzene rings is 1. The molecule has 2 heterocycles. The normalized spacial score (nSPS) is 10.7. The zero-order valence-corrected chi connectivity index (χ0v) is 12.1. The molecule has 0 unspecified atom stereocenters. The highest BCUT2D eigenvalue weighted by atomic mass is 32.1. The van der Waals surface area contributed by atoms with Gasteiger partial charge in [0.25, 0.3) is 5.91 Å². The molecule has 0 spiro atoms. The number of aromatic nitrogens is 2. The molecule has 0 fully saturated rings. The van der Waals surface area contributed by atoms with Gasteiger partial charge in [-0.2, -0.15) is 0 Å². The molecular weight excluding hydrogens is 286 g/mol. The number of hydrogen-bond acceptors (Lipinski definition) is 5. The maximum absolute atomic E-state index is 12.2. The van der Waals surface area contributed by atoms with Crippen LogP contribution in [0.5, 0.6) is 5.75 Å². The first-order chi connectivity index (χ1) is 10.1. The monoisotopic (exact) mass is 299 g/mol.